The van der Waals surface area contributed by atoms with Crippen molar-refractivity contribution in [3.63, 3.8) is 0 Å². The number of amides is 1. The standard InChI is InChI=1S/C19H24N6O3S/c1-27-14-7-6-13(10-15(14)28-2)17-23-24-18(25(17)21)29-11-16(26)22-19(12-20)8-4-3-5-9-19/h6-7,10H,3-5,8-9,11,21H2,1-2H3,(H,22,26). The van der Waals surface area contributed by atoms with Crippen molar-refractivity contribution in [1.82, 2.24) is 20.2 Å². The number of nitrogens with zero attached hydrogens (tertiary/aromatic N) is 4. The number of nitrogen functional groups attached to an aromatic ring is 1. The van der Waals surface area contributed by atoms with Gasteiger partial charge in [0.25, 0.3) is 0 Å². The number of carbonyl (C=O) groups excluding carboxylic acids is 1. The van der Waals surface area contributed by atoms with Gasteiger partial charge in [0.2, 0.25) is 11.1 Å². The number of methoxy groups -OCH3 is 2. The van der Waals surface area contributed by atoms with Crippen LogP contribution >= 0.6 is 11.8 Å². The summed E-state index contributed by atoms with van der Waals surface area (Å²) in [6.07, 6.45) is 4.38. The van der Waals surface area contributed by atoms with E-state index in [4.69, 9.17) is 15.3 Å². The SMILES string of the molecule is COc1ccc(-c2nnc(SCC(=O)NC3(C#N)CCCCC3)n2N)cc1OC. The average Bonchev–Trinajstić information content (AvgIpc) is 3.12. The molecule has 29 heavy (non-hydrogen) atoms. The quantitative estimate of drug-likeness (QED) is 0.519. The van der Waals surface area contributed by atoms with Gasteiger partial charge >= 0.3 is 0 Å². The Hall–Kier alpha value is -2.93. The van der Waals surface area contributed by atoms with Crippen molar-refractivity contribution in [3.05, 3.63) is 18.2 Å². The highest BCUT2D eigenvalue weighted by Crippen LogP contribution is 2.32. The van der Waals surface area contributed by atoms with Crippen molar-refractivity contribution in [2.24, 2.45) is 0 Å². The molecule has 1 amide bonds. The van der Waals surface area contributed by atoms with Gasteiger partial charge in [-0.05, 0) is 31.0 Å². The van der Waals surface area contributed by atoms with Gasteiger partial charge in [-0.15, -0.1) is 10.2 Å². The van der Waals surface area contributed by atoms with Crippen LogP contribution in [0.15, 0.2) is 23.4 Å². The maximum absolute atomic E-state index is 12.4. The van der Waals surface area contributed by atoms with E-state index in [1.807, 2.05) is 0 Å². The van der Waals surface area contributed by atoms with Crippen molar-refractivity contribution in [2.45, 2.75) is 42.8 Å². The van der Waals surface area contributed by atoms with Crippen molar-refractivity contribution >= 4 is 17.7 Å². The van der Waals surface area contributed by atoms with Crippen LogP contribution in [0.1, 0.15) is 32.1 Å². The lowest BCUT2D eigenvalue weighted by Gasteiger charge is -2.31. The van der Waals surface area contributed by atoms with E-state index in [0.717, 1.165) is 19.3 Å². The zero-order chi connectivity index (χ0) is 20.9. The second kappa shape index (κ2) is 9.05. The van der Waals surface area contributed by atoms with E-state index >= 15 is 0 Å². The third-order valence-corrected chi connectivity index (χ3v) is 5.88. The molecular formula is C19H24N6O3S. The minimum absolute atomic E-state index is 0.102. The van der Waals surface area contributed by atoms with Crippen LogP contribution in [0.5, 0.6) is 11.5 Å². The number of nitrogens with one attached hydrogen (secondary N) is 1. The van der Waals surface area contributed by atoms with Gasteiger partial charge in [0, 0.05) is 5.56 Å². The first-order valence-electron chi connectivity index (χ1n) is 9.30. The van der Waals surface area contributed by atoms with Crippen molar-refractivity contribution in [2.75, 3.05) is 25.8 Å². The van der Waals surface area contributed by atoms with Crippen molar-refractivity contribution in [1.29, 1.82) is 5.26 Å². The van der Waals surface area contributed by atoms with Crippen LogP contribution < -0.4 is 20.6 Å². The van der Waals surface area contributed by atoms with E-state index in [0.29, 0.717) is 40.9 Å². The first kappa shape index (κ1) is 20.8. The molecule has 1 aromatic carbocycles. The van der Waals surface area contributed by atoms with Gasteiger partial charge in [0.15, 0.2) is 17.3 Å². The molecule has 1 aliphatic carbocycles. The molecule has 1 saturated carbocycles. The van der Waals surface area contributed by atoms with Crippen molar-refractivity contribution < 1.29 is 14.3 Å². The van der Waals surface area contributed by atoms with E-state index < -0.39 is 5.54 Å². The van der Waals surface area contributed by atoms with Crippen LogP contribution in [0, 0.1) is 11.3 Å². The summed E-state index contributed by atoms with van der Waals surface area (Å²) < 4.78 is 11.9. The molecule has 0 radical (unpaired) electrons. The summed E-state index contributed by atoms with van der Waals surface area (Å²) in [5.41, 5.74) is -0.0449. The van der Waals surface area contributed by atoms with Gasteiger partial charge < -0.3 is 20.6 Å². The Kier molecular flexibility index (Phi) is 6.49. The number of nitriles is 1. The Morgan fingerprint density at radius 3 is 2.66 bits per heavy atom. The third kappa shape index (κ3) is 4.56. The molecule has 1 heterocycles. The molecule has 2 aromatic rings. The number of nitrogens with two attached hydrogens (primary N) is 1. The predicted molar refractivity (Wildman–Crippen MR) is 109 cm³/mol. The van der Waals surface area contributed by atoms with E-state index in [1.54, 1.807) is 32.4 Å². The van der Waals surface area contributed by atoms with Crippen LogP contribution in [-0.2, 0) is 4.79 Å². The molecule has 1 aliphatic rings. The number of hydrogen-bond acceptors (Lipinski definition) is 8. The van der Waals surface area contributed by atoms with Crippen LogP contribution in [0.25, 0.3) is 11.4 Å². The van der Waals surface area contributed by atoms with Gasteiger partial charge in [-0.1, -0.05) is 31.0 Å². The van der Waals surface area contributed by atoms with Gasteiger partial charge in [-0.2, -0.15) is 5.26 Å². The fourth-order valence-electron chi connectivity index (χ4n) is 3.40. The van der Waals surface area contributed by atoms with E-state index in [1.165, 1.54) is 16.4 Å². The molecular weight excluding hydrogens is 392 g/mol. The fourth-order valence-corrected chi connectivity index (χ4v) is 4.06. The Labute approximate surface area is 173 Å². The number of rotatable bonds is 7. The van der Waals surface area contributed by atoms with Crippen molar-refractivity contribution in [3.8, 4) is 29.0 Å². The summed E-state index contributed by atoms with van der Waals surface area (Å²) >= 11 is 1.17. The average molecular weight is 417 g/mol. The predicted octanol–water partition coefficient (Wildman–Crippen LogP) is 2.11. The maximum Gasteiger partial charge on any atom is 0.231 e. The van der Waals surface area contributed by atoms with Gasteiger partial charge in [-0.3, -0.25) is 4.79 Å². The first-order valence-corrected chi connectivity index (χ1v) is 10.3. The van der Waals surface area contributed by atoms with Gasteiger partial charge in [0.1, 0.15) is 5.54 Å². The summed E-state index contributed by atoms with van der Waals surface area (Å²) in [5.74, 6) is 7.61. The summed E-state index contributed by atoms with van der Waals surface area (Å²) in [4.78, 5) is 12.4. The van der Waals surface area contributed by atoms with Gasteiger partial charge in [0.05, 0.1) is 26.0 Å². The first-order chi connectivity index (χ1) is 14.0. The number of hydrogen-bond donors (Lipinski definition) is 2. The lowest BCUT2D eigenvalue weighted by molar-refractivity contribution is -0.120. The van der Waals surface area contributed by atoms with Crippen LogP contribution in [0.3, 0.4) is 0 Å². The molecule has 9 nitrogen and oxygen atoms in total. The maximum atomic E-state index is 12.4. The molecule has 0 atom stereocenters. The Morgan fingerprint density at radius 2 is 2.00 bits per heavy atom. The summed E-state index contributed by atoms with van der Waals surface area (Å²) in [6.45, 7) is 0. The number of aromatic nitrogens is 3. The molecule has 1 fully saturated rings. The monoisotopic (exact) mass is 416 g/mol. The second-order valence-corrected chi connectivity index (χ2v) is 7.78. The Morgan fingerprint density at radius 1 is 1.28 bits per heavy atom. The van der Waals surface area contributed by atoms with Crippen LogP contribution in [0.4, 0.5) is 0 Å². The molecule has 0 unspecified atom stereocenters. The minimum atomic E-state index is -0.753. The lowest BCUT2D eigenvalue weighted by Crippen LogP contribution is -2.49. The molecule has 154 valence electrons. The molecule has 1 aromatic heterocycles. The molecule has 0 aliphatic heterocycles. The van der Waals surface area contributed by atoms with Gasteiger partial charge in [-0.25, -0.2) is 4.68 Å². The largest absolute Gasteiger partial charge is 0.493 e. The second-order valence-electron chi connectivity index (χ2n) is 6.84. The van der Waals surface area contributed by atoms with Crippen LogP contribution in [0.2, 0.25) is 0 Å². The minimum Gasteiger partial charge on any atom is -0.493 e. The fraction of sp³-hybridized carbons (Fsp3) is 0.474. The summed E-state index contributed by atoms with van der Waals surface area (Å²) in [6, 6.07) is 7.60. The number of benzene rings is 1. The lowest BCUT2D eigenvalue weighted by atomic mass is 9.83. The highest BCUT2D eigenvalue weighted by molar-refractivity contribution is 7.99. The highest BCUT2D eigenvalue weighted by atomic mass is 32.2. The highest BCUT2D eigenvalue weighted by Gasteiger charge is 2.33. The number of thioether (sulfide) groups is 1. The molecule has 10 heteroatoms. The smallest absolute Gasteiger partial charge is 0.231 e. The van der Waals surface area contributed by atoms with E-state index in [2.05, 4.69) is 21.6 Å². The van der Waals surface area contributed by atoms with Crippen LogP contribution in [-0.4, -0.2) is 46.3 Å². The zero-order valence-electron chi connectivity index (χ0n) is 16.5. The number of carbonyl (C=O) groups is 1. The van der Waals surface area contributed by atoms with E-state index in [-0.39, 0.29) is 11.7 Å². The molecule has 3 rings (SSSR count). The number of ether oxygens (including phenoxy) is 2. The molecule has 0 spiro atoms. The normalized spacial score (nSPS) is 15.3. The summed E-state index contributed by atoms with van der Waals surface area (Å²) in [7, 11) is 3.11. The third-order valence-electron chi connectivity index (χ3n) is 4.94. The Balaban J connectivity index is 1.67. The molecule has 0 bridgehead atoms. The van der Waals surface area contributed by atoms with E-state index in [9.17, 15) is 10.1 Å². The molecule has 0 saturated heterocycles. The Bertz CT molecular complexity index is 917. The topological polar surface area (TPSA) is 128 Å². The summed E-state index contributed by atoms with van der Waals surface area (Å²) in [5, 5.41) is 21.0. The molecule has 3 N–H and O–H groups in total. The zero-order valence-corrected chi connectivity index (χ0v) is 17.3.